The molecule has 0 aliphatic heterocycles. The van der Waals surface area contributed by atoms with Gasteiger partial charge in [-0.3, -0.25) is 0 Å². The van der Waals surface area contributed by atoms with Crippen molar-refractivity contribution in [2.24, 2.45) is 10.2 Å². The average molecular weight is 212 g/mol. The van der Waals surface area contributed by atoms with Gasteiger partial charge in [-0.25, -0.2) is 9.97 Å². The molecule has 4 heteroatoms. The first-order chi connectivity index (χ1) is 7.77. The number of azo groups is 1. The van der Waals surface area contributed by atoms with Crippen LogP contribution in [-0.4, -0.2) is 9.97 Å². The lowest BCUT2D eigenvalue weighted by molar-refractivity contribution is 1.08. The number of nitrogens with zero attached hydrogens (tertiary/aromatic N) is 4. The average Bonchev–Trinajstić information content (AvgIpc) is 2.30. The van der Waals surface area contributed by atoms with E-state index in [0.29, 0.717) is 11.6 Å². The van der Waals surface area contributed by atoms with Gasteiger partial charge in [0.2, 0.25) is 0 Å². The molecule has 0 amide bonds. The fourth-order valence-electron chi connectivity index (χ4n) is 1.26. The highest BCUT2D eigenvalue weighted by molar-refractivity contribution is 5.39. The third kappa shape index (κ3) is 2.28. The van der Waals surface area contributed by atoms with Crippen LogP contribution >= 0.6 is 0 Å². The van der Waals surface area contributed by atoms with Crippen molar-refractivity contribution in [3.8, 4) is 0 Å². The molecule has 80 valence electrons. The van der Waals surface area contributed by atoms with Crippen LogP contribution < -0.4 is 0 Å². The number of aryl methyl sites for hydroxylation is 2. The molecule has 0 radical (unpaired) electrons. The summed E-state index contributed by atoms with van der Waals surface area (Å²) < 4.78 is 0. The zero-order valence-electron chi connectivity index (χ0n) is 9.25. The molecule has 2 aromatic heterocycles. The predicted octanol–water partition coefficient (Wildman–Crippen LogP) is 3.51. The van der Waals surface area contributed by atoms with Crippen LogP contribution in [0.4, 0.5) is 11.6 Å². The van der Waals surface area contributed by atoms with E-state index < -0.39 is 0 Å². The Balaban J connectivity index is 2.29. The van der Waals surface area contributed by atoms with Crippen LogP contribution in [0.2, 0.25) is 0 Å². The van der Waals surface area contributed by atoms with E-state index in [0.717, 1.165) is 11.1 Å². The Kier molecular flexibility index (Phi) is 3.00. The smallest absolute Gasteiger partial charge is 0.177 e. The first kappa shape index (κ1) is 10.4. The summed E-state index contributed by atoms with van der Waals surface area (Å²) in [7, 11) is 0. The molecule has 0 bridgehead atoms. The molecule has 0 atom stereocenters. The molecule has 0 aliphatic rings. The lowest BCUT2D eigenvalue weighted by Gasteiger charge is -1.97. The topological polar surface area (TPSA) is 50.5 Å². The molecule has 0 N–H and O–H groups in total. The molecule has 2 heterocycles. The summed E-state index contributed by atoms with van der Waals surface area (Å²) in [5, 5.41) is 8.18. The van der Waals surface area contributed by atoms with Crippen LogP contribution in [0.25, 0.3) is 0 Å². The van der Waals surface area contributed by atoms with Crippen molar-refractivity contribution < 1.29 is 0 Å². The molecule has 0 spiro atoms. The quantitative estimate of drug-likeness (QED) is 0.715. The summed E-state index contributed by atoms with van der Waals surface area (Å²) in [6.45, 7) is 3.90. The first-order valence-corrected chi connectivity index (χ1v) is 5.02. The van der Waals surface area contributed by atoms with Crippen LogP contribution in [0.5, 0.6) is 0 Å². The highest BCUT2D eigenvalue weighted by Crippen LogP contribution is 2.19. The van der Waals surface area contributed by atoms with E-state index in [1.54, 1.807) is 12.4 Å². The van der Waals surface area contributed by atoms with Gasteiger partial charge >= 0.3 is 0 Å². The van der Waals surface area contributed by atoms with Crippen molar-refractivity contribution in [1.82, 2.24) is 9.97 Å². The van der Waals surface area contributed by atoms with Crippen LogP contribution in [0.15, 0.2) is 46.9 Å². The predicted molar refractivity (Wildman–Crippen MR) is 62.1 cm³/mol. The number of pyridine rings is 2. The number of hydrogen-bond donors (Lipinski definition) is 0. The Morgan fingerprint density at radius 1 is 0.812 bits per heavy atom. The van der Waals surface area contributed by atoms with Gasteiger partial charge in [-0.2, -0.15) is 0 Å². The minimum Gasteiger partial charge on any atom is -0.235 e. The minimum absolute atomic E-state index is 0.632. The fraction of sp³-hybridized carbons (Fsp3) is 0.167. The van der Waals surface area contributed by atoms with Crippen LogP contribution in [-0.2, 0) is 0 Å². The van der Waals surface area contributed by atoms with E-state index in [1.807, 2.05) is 38.1 Å². The maximum atomic E-state index is 4.13. The lowest BCUT2D eigenvalue weighted by Crippen LogP contribution is -1.79. The summed E-state index contributed by atoms with van der Waals surface area (Å²) in [5.74, 6) is 1.26. The molecular formula is C12H12N4. The molecule has 2 aromatic rings. The van der Waals surface area contributed by atoms with Gasteiger partial charge in [0.25, 0.3) is 0 Å². The molecular weight excluding hydrogens is 200 g/mol. The van der Waals surface area contributed by atoms with E-state index in [4.69, 9.17) is 0 Å². The molecule has 0 aliphatic carbocycles. The van der Waals surface area contributed by atoms with Gasteiger partial charge in [0.05, 0.1) is 0 Å². The second-order valence-electron chi connectivity index (χ2n) is 3.49. The number of hydrogen-bond acceptors (Lipinski definition) is 4. The third-order valence-corrected chi connectivity index (χ3v) is 2.20. The van der Waals surface area contributed by atoms with E-state index in [-0.39, 0.29) is 0 Å². The normalized spacial score (nSPS) is 10.9. The monoisotopic (exact) mass is 212 g/mol. The second-order valence-corrected chi connectivity index (χ2v) is 3.49. The van der Waals surface area contributed by atoms with Gasteiger partial charge in [0, 0.05) is 12.4 Å². The highest BCUT2D eigenvalue weighted by Gasteiger charge is 1.98. The zero-order chi connectivity index (χ0) is 11.4. The lowest BCUT2D eigenvalue weighted by atomic mass is 10.3. The van der Waals surface area contributed by atoms with E-state index in [2.05, 4.69) is 20.2 Å². The zero-order valence-corrected chi connectivity index (χ0v) is 9.25. The summed E-state index contributed by atoms with van der Waals surface area (Å²) in [6.07, 6.45) is 3.40. The van der Waals surface area contributed by atoms with E-state index in [1.165, 1.54) is 0 Å². The molecule has 16 heavy (non-hydrogen) atoms. The summed E-state index contributed by atoms with van der Waals surface area (Å²) in [5.41, 5.74) is 2.00. The first-order valence-electron chi connectivity index (χ1n) is 5.02. The Labute approximate surface area is 94.1 Å². The number of rotatable bonds is 2. The van der Waals surface area contributed by atoms with Crippen molar-refractivity contribution in [2.45, 2.75) is 13.8 Å². The van der Waals surface area contributed by atoms with Crippen LogP contribution in [0.1, 0.15) is 11.1 Å². The molecule has 4 nitrogen and oxygen atoms in total. The van der Waals surface area contributed by atoms with Crippen molar-refractivity contribution in [1.29, 1.82) is 0 Å². The number of aromatic nitrogens is 2. The molecule has 0 unspecified atom stereocenters. The molecule has 2 rings (SSSR count). The summed E-state index contributed by atoms with van der Waals surface area (Å²) in [6, 6.07) is 7.65. The SMILES string of the molecule is Cc1cccnc1N=Nc1ncccc1C. The minimum atomic E-state index is 0.632. The van der Waals surface area contributed by atoms with Gasteiger partial charge in [0.1, 0.15) is 0 Å². The van der Waals surface area contributed by atoms with Crippen molar-refractivity contribution >= 4 is 11.6 Å². The van der Waals surface area contributed by atoms with Crippen molar-refractivity contribution in [2.75, 3.05) is 0 Å². The van der Waals surface area contributed by atoms with Gasteiger partial charge in [-0.05, 0) is 37.1 Å². The Hall–Kier alpha value is -2.10. The molecule has 0 aromatic carbocycles. The highest BCUT2D eigenvalue weighted by atomic mass is 15.2. The van der Waals surface area contributed by atoms with Crippen LogP contribution in [0, 0.1) is 13.8 Å². The third-order valence-electron chi connectivity index (χ3n) is 2.20. The summed E-state index contributed by atoms with van der Waals surface area (Å²) in [4.78, 5) is 8.27. The van der Waals surface area contributed by atoms with Crippen molar-refractivity contribution in [3.05, 3.63) is 47.8 Å². The molecule has 0 saturated carbocycles. The summed E-state index contributed by atoms with van der Waals surface area (Å²) >= 11 is 0. The van der Waals surface area contributed by atoms with E-state index in [9.17, 15) is 0 Å². The Bertz CT molecular complexity index is 472. The fourth-order valence-corrected chi connectivity index (χ4v) is 1.26. The van der Waals surface area contributed by atoms with Gasteiger partial charge in [-0.1, -0.05) is 12.1 Å². The van der Waals surface area contributed by atoms with Gasteiger partial charge < -0.3 is 0 Å². The van der Waals surface area contributed by atoms with Gasteiger partial charge in [-0.15, -0.1) is 10.2 Å². The van der Waals surface area contributed by atoms with Gasteiger partial charge in [0.15, 0.2) is 11.6 Å². The van der Waals surface area contributed by atoms with Crippen molar-refractivity contribution in [3.63, 3.8) is 0 Å². The maximum absolute atomic E-state index is 4.13. The van der Waals surface area contributed by atoms with Crippen LogP contribution in [0.3, 0.4) is 0 Å². The Morgan fingerprint density at radius 3 is 1.62 bits per heavy atom. The largest absolute Gasteiger partial charge is 0.235 e. The molecule has 0 saturated heterocycles. The van der Waals surface area contributed by atoms with E-state index >= 15 is 0 Å². The second kappa shape index (κ2) is 4.61. The maximum Gasteiger partial charge on any atom is 0.177 e. The Morgan fingerprint density at radius 2 is 1.25 bits per heavy atom. The standard InChI is InChI=1S/C12H12N4/c1-9-5-3-7-13-11(9)15-16-12-10(2)6-4-8-14-12/h3-8H,1-2H3. The molecule has 0 fully saturated rings.